The fourth-order valence-corrected chi connectivity index (χ4v) is 1.65. The summed E-state index contributed by atoms with van der Waals surface area (Å²) in [6, 6.07) is -1.34. The van der Waals surface area contributed by atoms with Crippen molar-refractivity contribution in [1.29, 1.82) is 0 Å². The van der Waals surface area contributed by atoms with Crippen molar-refractivity contribution < 1.29 is 19.5 Å². The third-order valence-electron chi connectivity index (χ3n) is 2.53. The molecule has 0 amide bonds. The molecule has 0 aromatic heterocycles. The quantitative estimate of drug-likeness (QED) is 0.478. The van der Waals surface area contributed by atoms with Crippen LogP contribution in [0.2, 0.25) is 0 Å². The highest BCUT2D eigenvalue weighted by atomic mass is 16.4. The first-order chi connectivity index (χ1) is 9.37. The van der Waals surface area contributed by atoms with Crippen LogP contribution in [0.1, 0.15) is 48.0 Å². The van der Waals surface area contributed by atoms with Gasteiger partial charge in [0.05, 0.1) is 0 Å². The predicted molar refractivity (Wildman–Crippen MR) is 80.9 cm³/mol. The van der Waals surface area contributed by atoms with Gasteiger partial charge in [-0.15, -0.1) is 0 Å². The minimum Gasteiger partial charge on any atom is -0.480 e. The van der Waals surface area contributed by atoms with Crippen molar-refractivity contribution in [3.05, 3.63) is 5.57 Å². The number of hydrogen-bond donors (Lipinski definition) is 3. The highest BCUT2D eigenvalue weighted by Crippen LogP contribution is 2.10. The number of carbonyl (C=O) groups excluding carboxylic acids is 2. The number of hydrogen-bond acceptors (Lipinski definition) is 5. The standard InChI is InChI=1S/C15H26N2O4/c1-14(2,3)16-8-7-11(19)10(9-18)12(13(20)21)17-15(4,5)6/h12,16-17H,7-8H2,1-6H3,(H,20,21)/t12-/m0/s1. The van der Waals surface area contributed by atoms with Crippen molar-refractivity contribution in [3.8, 4) is 0 Å². The monoisotopic (exact) mass is 298 g/mol. The van der Waals surface area contributed by atoms with Gasteiger partial charge in [0, 0.05) is 24.0 Å². The molecule has 0 aromatic carbocycles. The molecule has 0 aliphatic heterocycles. The number of carbonyl (C=O) groups is 2. The Morgan fingerprint density at radius 3 is 1.95 bits per heavy atom. The molecule has 0 rings (SSSR count). The first kappa shape index (κ1) is 19.5. The number of rotatable bonds is 7. The summed E-state index contributed by atoms with van der Waals surface area (Å²) in [6.45, 7) is 11.5. The SMILES string of the molecule is CC(C)(C)NCCC(=O)C(=C=O)[C@H](NC(C)(C)C)C(=O)O. The molecule has 0 heterocycles. The molecule has 0 bridgehead atoms. The Morgan fingerprint density at radius 1 is 1.10 bits per heavy atom. The maximum atomic E-state index is 12.0. The van der Waals surface area contributed by atoms with Gasteiger partial charge in [-0.3, -0.25) is 14.9 Å². The lowest BCUT2D eigenvalue weighted by Gasteiger charge is -2.26. The molecule has 1 atom stereocenters. The summed E-state index contributed by atoms with van der Waals surface area (Å²) in [5, 5.41) is 15.1. The topological polar surface area (TPSA) is 95.5 Å². The largest absolute Gasteiger partial charge is 0.480 e. The summed E-state index contributed by atoms with van der Waals surface area (Å²) in [6.07, 6.45) is 0.0530. The molecule has 21 heavy (non-hydrogen) atoms. The van der Waals surface area contributed by atoms with Crippen molar-refractivity contribution in [1.82, 2.24) is 10.6 Å². The summed E-state index contributed by atoms with van der Waals surface area (Å²) >= 11 is 0. The van der Waals surface area contributed by atoms with E-state index in [0.717, 1.165) is 0 Å². The summed E-state index contributed by atoms with van der Waals surface area (Å²) in [7, 11) is 0. The number of Topliss-reactive ketones (excluding diaryl/α,β-unsaturated/α-hetero) is 1. The van der Waals surface area contributed by atoms with Crippen LogP contribution in [0.4, 0.5) is 0 Å². The Bertz CT molecular complexity index is 438. The second-order valence-corrected chi connectivity index (χ2v) is 7.03. The highest BCUT2D eigenvalue weighted by molar-refractivity contribution is 6.08. The average Bonchev–Trinajstić information content (AvgIpc) is 2.25. The number of ketones is 1. The van der Waals surface area contributed by atoms with Gasteiger partial charge in [-0.05, 0) is 41.5 Å². The maximum absolute atomic E-state index is 12.0. The summed E-state index contributed by atoms with van der Waals surface area (Å²) in [5.74, 6) is -0.272. The van der Waals surface area contributed by atoms with Crippen molar-refractivity contribution >= 4 is 17.7 Å². The number of nitrogens with one attached hydrogen (secondary N) is 2. The maximum Gasteiger partial charge on any atom is 0.326 e. The smallest absolute Gasteiger partial charge is 0.326 e. The normalized spacial score (nSPS) is 13.4. The molecule has 3 N–H and O–H groups in total. The Hall–Kier alpha value is -1.49. The van der Waals surface area contributed by atoms with Gasteiger partial charge < -0.3 is 10.4 Å². The third-order valence-corrected chi connectivity index (χ3v) is 2.53. The molecule has 0 aliphatic carbocycles. The summed E-state index contributed by atoms with van der Waals surface area (Å²) in [4.78, 5) is 34.4. The zero-order chi connectivity index (χ0) is 16.8. The second kappa shape index (κ2) is 7.50. The van der Waals surface area contributed by atoms with E-state index < -0.39 is 23.3 Å². The molecule has 120 valence electrons. The predicted octanol–water partition coefficient (Wildman–Crippen LogP) is 0.933. The van der Waals surface area contributed by atoms with E-state index >= 15 is 0 Å². The van der Waals surface area contributed by atoms with Gasteiger partial charge in [0.2, 0.25) is 0 Å². The van der Waals surface area contributed by atoms with Crippen molar-refractivity contribution in [2.24, 2.45) is 0 Å². The third kappa shape index (κ3) is 8.40. The van der Waals surface area contributed by atoms with Crippen molar-refractivity contribution in [2.45, 2.75) is 65.1 Å². The van der Waals surface area contributed by atoms with Gasteiger partial charge in [-0.1, -0.05) is 0 Å². The van der Waals surface area contributed by atoms with Gasteiger partial charge in [-0.25, -0.2) is 4.79 Å². The average molecular weight is 298 g/mol. The van der Waals surface area contributed by atoms with E-state index in [1.807, 2.05) is 20.8 Å². The molecule has 0 saturated carbocycles. The van der Waals surface area contributed by atoms with E-state index in [1.165, 1.54) is 5.94 Å². The summed E-state index contributed by atoms with van der Waals surface area (Å²) < 4.78 is 0. The molecule has 0 unspecified atom stereocenters. The summed E-state index contributed by atoms with van der Waals surface area (Å²) in [5.41, 5.74) is -1.07. The van der Waals surface area contributed by atoms with E-state index in [4.69, 9.17) is 0 Å². The first-order valence-corrected chi connectivity index (χ1v) is 6.91. The first-order valence-electron chi connectivity index (χ1n) is 6.91. The van der Waals surface area contributed by atoms with Gasteiger partial charge in [0.1, 0.15) is 17.6 Å². The second-order valence-electron chi connectivity index (χ2n) is 7.03. The van der Waals surface area contributed by atoms with Crippen molar-refractivity contribution in [3.63, 3.8) is 0 Å². The highest BCUT2D eigenvalue weighted by Gasteiger charge is 2.31. The molecular weight excluding hydrogens is 272 g/mol. The molecule has 0 aliphatic rings. The number of aliphatic carboxylic acids is 1. The van der Waals surface area contributed by atoms with E-state index in [9.17, 15) is 19.5 Å². The lowest BCUT2D eigenvalue weighted by Crippen LogP contribution is -2.50. The Morgan fingerprint density at radius 2 is 1.62 bits per heavy atom. The molecular formula is C15H26N2O4. The van der Waals surface area contributed by atoms with Gasteiger partial charge in [0.15, 0.2) is 5.78 Å². The van der Waals surface area contributed by atoms with Crippen LogP contribution in [-0.2, 0) is 14.4 Å². The Labute approximate surface area is 126 Å². The van der Waals surface area contributed by atoms with Crippen molar-refractivity contribution in [2.75, 3.05) is 6.54 Å². The molecule has 6 nitrogen and oxygen atoms in total. The van der Waals surface area contributed by atoms with Crippen LogP contribution >= 0.6 is 0 Å². The lowest BCUT2D eigenvalue weighted by molar-refractivity contribution is -0.139. The zero-order valence-corrected chi connectivity index (χ0v) is 13.7. The molecule has 6 heteroatoms. The molecule has 0 saturated heterocycles. The Balaban J connectivity index is 4.91. The van der Waals surface area contributed by atoms with Gasteiger partial charge in [0.25, 0.3) is 0 Å². The molecule has 0 spiro atoms. The van der Waals surface area contributed by atoms with Gasteiger partial charge in [-0.2, -0.15) is 0 Å². The van der Waals surface area contributed by atoms with Crippen LogP contribution in [0.5, 0.6) is 0 Å². The van der Waals surface area contributed by atoms with E-state index in [1.54, 1.807) is 20.8 Å². The van der Waals surface area contributed by atoms with Crippen LogP contribution in [0, 0.1) is 0 Å². The number of carboxylic acids is 1. The van der Waals surface area contributed by atoms with E-state index in [-0.39, 0.29) is 17.5 Å². The van der Waals surface area contributed by atoms with Crippen LogP contribution in [0.3, 0.4) is 0 Å². The lowest BCUT2D eigenvalue weighted by atomic mass is 9.98. The fourth-order valence-electron chi connectivity index (χ4n) is 1.65. The van der Waals surface area contributed by atoms with Crippen LogP contribution in [0.15, 0.2) is 5.57 Å². The minimum atomic E-state index is -1.34. The molecule has 0 radical (unpaired) electrons. The zero-order valence-electron chi connectivity index (χ0n) is 13.7. The van der Waals surface area contributed by atoms with E-state index in [0.29, 0.717) is 6.54 Å². The van der Waals surface area contributed by atoms with E-state index in [2.05, 4.69) is 10.6 Å². The molecule has 0 fully saturated rings. The fraction of sp³-hybridized carbons (Fsp3) is 0.733. The van der Waals surface area contributed by atoms with Crippen LogP contribution in [0.25, 0.3) is 0 Å². The minimum absolute atomic E-state index is 0.0530. The van der Waals surface area contributed by atoms with Crippen LogP contribution < -0.4 is 10.6 Å². The Kier molecular flexibility index (Phi) is 6.97. The van der Waals surface area contributed by atoms with Crippen LogP contribution in [-0.4, -0.2) is 46.5 Å². The molecule has 0 aromatic rings. The van der Waals surface area contributed by atoms with Gasteiger partial charge >= 0.3 is 5.97 Å². The number of carboxylic acid groups (broad SMARTS) is 1.